The molecule has 0 saturated carbocycles. The van der Waals surface area contributed by atoms with Crippen molar-refractivity contribution >= 4 is 33.7 Å². The zero-order chi connectivity index (χ0) is 29.1. The highest BCUT2D eigenvalue weighted by molar-refractivity contribution is 5.86. The van der Waals surface area contributed by atoms with Crippen molar-refractivity contribution in [1.29, 1.82) is 0 Å². The number of nitrogens with zero attached hydrogens (tertiary/aromatic N) is 1. The summed E-state index contributed by atoms with van der Waals surface area (Å²) in [6.07, 6.45) is 3.37. The average Bonchev–Trinajstić information content (AvgIpc) is 3.58. The van der Waals surface area contributed by atoms with Crippen molar-refractivity contribution in [2.45, 2.75) is 44.7 Å². The number of nitrogens with two attached hydrogens (primary N) is 2. The first-order chi connectivity index (χ1) is 19.8. The lowest BCUT2D eigenvalue weighted by atomic mass is 10.0. The number of rotatable bonds is 10. The van der Waals surface area contributed by atoms with E-state index in [0.29, 0.717) is 0 Å². The van der Waals surface area contributed by atoms with E-state index in [1.54, 1.807) is 12.4 Å². The second-order valence-electron chi connectivity index (χ2n) is 9.84. The molecule has 3 aromatic heterocycles. The largest absolute Gasteiger partial charge is 0.505 e. The Morgan fingerprint density at radius 3 is 1.83 bits per heavy atom. The van der Waals surface area contributed by atoms with Crippen LogP contribution in [-0.2, 0) is 38.5 Å². The Balaban J connectivity index is 1.38. The number of aryl methyl sites for hydroxylation is 1. The minimum absolute atomic E-state index is 0.106. The van der Waals surface area contributed by atoms with Crippen LogP contribution in [0, 0.1) is 6.92 Å². The van der Waals surface area contributed by atoms with Crippen LogP contribution in [-0.4, -0.2) is 49.2 Å². The normalized spacial score (nSPS) is 13.0. The summed E-state index contributed by atoms with van der Waals surface area (Å²) in [5, 5.41) is 22.6. The molecule has 8 N–H and O–H groups in total. The molecule has 0 radical (unpaired) electrons. The van der Waals surface area contributed by atoms with E-state index in [1.165, 1.54) is 13.1 Å². The third-order valence-corrected chi connectivity index (χ3v) is 7.05. The number of ether oxygens (including phenoxy) is 2. The van der Waals surface area contributed by atoms with Gasteiger partial charge >= 0.3 is 11.9 Å². The van der Waals surface area contributed by atoms with Gasteiger partial charge in [0.05, 0.1) is 17.9 Å². The predicted molar refractivity (Wildman–Crippen MR) is 151 cm³/mol. The highest BCUT2D eigenvalue weighted by Crippen LogP contribution is 2.34. The number of aromatic nitrogens is 3. The summed E-state index contributed by atoms with van der Waals surface area (Å²) >= 11 is 0. The number of carbonyl (C=O) groups is 2. The van der Waals surface area contributed by atoms with E-state index >= 15 is 0 Å². The van der Waals surface area contributed by atoms with Gasteiger partial charge in [0.25, 0.3) is 6.29 Å². The van der Waals surface area contributed by atoms with Crippen LogP contribution >= 0.6 is 0 Å². The van der Waals surface area contributed by atoms with E-state index in [4.69, 9.17) is 20.9 Å². The van der Waals surface area contributed by atoms with E-state index in [2.05, 4.69) is 15.0 Å². The zero-order valence-corrected chi connectivity index (χ0v) is 22.3. The molecule has 2 aromatic carbocycles. The van der Waals surface area contributed by atoms with Gasteiger partial charge in [-0.1, -0.05) is 36.4 Å². The zero-order valence-electron chi connectivity index (χ0n) is 22.3. The van der Waals surface area contributed by atoms with Gasteiger partial charge in [0, 0.05) is 58.8 Å². The number of benzene rings is 2. The van der Waals surface area contributed by atoms with Gasteiger partial charge in [-0.3, -0.25) is 14.6 Å². The number of esters is 2. The quantitative estimate of drug-likeness (QED) is 0.111. The van der Waals surface area contributed by atoms with Crippen molar-refractivity contribution in [1.82, 2.24) is 15.0 Å². The number of hydrogen-bond acceptors (Lipinski definition) is 9. The van der Waals surface area contributed by atoms with Crippen LogP contribution in [0.25, 0.3) is 21.8 Å². The van der Waals surface area contributed by atoms with Crippen molar-refractivity contribution in [3.63, 3.8) is 0 Å². The average molecular weight is 558 g/mol. The maximum absolute atomic E-state index is 13.2. The van der Waals surface area contributed by atoms with E-state index in [1.807, 2.05) is 48.5 Å². The molecule has 0 aliphatic rings. The number of aliphatic hydroxyl groups is 1. The van der Waals surface area contributed by atoms with Gasteiger partial charge in [-0.15, -0.1) is 0 Å². The Morgan fingerprint density at radius 1 is 0.854 bits per heavy atom. The van der Waals surface area contributed by atoms with Crippen molar-refractivity contribution < 1.29 is 29.3 Å². The first kappa shape index (κ1) is 27.8. The van der Waals surface area contributed by atoms with Crippen LogP contribution in [0.5, 0.6) is 5.75 Å². The first-order valence-electron chi connectivity index (χ1n) is 13.1. The van der Waals surface area contributed by atoms with Crippen molar-refractivity contribution in [2.24, 2.45) is 11.5 Å². The topological polar surface area (TPSA) is 190 Å². The van der Waals surface area contributed by atoms with Crippen LogP contribution in [0.15, 0.2) is 67.1 Å². The third-order valence-electron chi connectivity index (χ3n) is 7.05. The smallest absolute Gasteiger partial charge is 0.326 e. The number of aliphatic hydroxyl groups excluding tert-OH is 1. The second kappa shape index (κ2) is 11.8. The third kappa shape index (κ3) is 5.78. The monoisotopic (exact) mass is 557 g/mol. The van der Waals surface area contributed by atoms with Crippen LogP contribution in [0.2, 0.25) is 0 Å². The number of para-hydroxylation sites is 2. The summed E-state index contributed by atoms with van der Waals surface area (Å²) < 4.78 is 11.2. The number of pyridine rings is 1. The molecule has 2 atom stereocenters. The van der Waals surface area contributed by atoms with Gasteiger partial charge in [0.1, 0.15) is 17.8 Å². The Morgan fingerprint density at radius 2 is 1.34 bits per heavy atom. The van der Waals surface area contributed by atoms with Gasteiger partial charge in [-0.2, -0.15) is 0 Å². The summed E-state index contributed by atoms with van der Waals surface area (Å²) in [4.78, 5) is 36.7. The highest BCUT2D eigenvalue weighted by Gasteiger charge is 2.32. The SMILES string of the molecule is Cc1ncc(CO)c(C(OC(=O)[C@@H](N)Cc2c[nH]c3ccccc23)OC(=O)[C@@H](N)Cc2c[nH]c3ccccc23)c1O. The van der Waals surface area contributed by atoms with E-state index in [9.17, 15) is 19.8 Å². The fourth-order valence-corrected chi connectivity index (χ4v) is 4.81. The lowest BCUT2D eigenvalue weighted by Gasteiger charge is -2.24. The highest BCUT2D eigenvalue weighted by atomic mass is 16.7. The number of aromatic amines is 2. The molecule has 0 aliphatic heterocycles. The van der Waals surface area contributed by atoms with Crippen LogP contribution in [0.3, 0.4) is 0 Å². The molecular weight excluding hydrogens is 526 g/mol. The molecule has 0 saturated heterocycles. The van der Waals surface area contributed by atoms with Crippen molar-refractivity contribution in [3.8, 4) is 5.75 Å². The molecule has 0 fully saturated rings. The number of H-pyrrole nitrogens is 2. The Labute approximate surface area is 235 Å². The van der Waals surface area contributed by atoms with Gasteiger partial charge in [0.2, 0.25) is 0 Å². The summed E-state index contributed by atoms with van der Waals surface area (Å²) in [6.45, 7) is 0.955. The Kier molecular flexibility index (Phi) is 8.02. The molecule has 5 aromatic rings. The summed E-state index contributed by atoms with van der Waals surface area (Å²) in [5.41, 5.74) is 16.0. The lowest BCUT2D eigenvalue weighted by molar-refractivity contribution is -0.192. The Hall–Kier alpha value is -4.71. The van der Waals surface area contributed by atoms with Gasteiger partial charge in [0.15, 0.2) is 0 Å². The van der Waals surface area contributed by atoms with E-state index in [-0.39, 0.29) is 29.7 Å². The Bertz CT molecular complexity index is 1610. The van der Waals surface area contributed by atoms with Crippen molar-refractivity contribution in [3.05, 3.63) is 95.1 Å². The fraction of sp³-hybridized carbons (Fsp3) is 0.233. The molecule has 11 nitrogen and oxygen atoms in total. The standard InChI is InChI=1S/C30H31N5O6/c1-16-27(37)26(19(15-36)14-33-16)30(40-28(38)22(31)10-17-12-34-24-8-4-2-6-20(17)24)41-29(39)23(32)11-18-13-35-25-9-5-3-7-21(18)25/h2-9,12-14,22-23,30,34-37H,10-11,15,31-32H2,1H3/t22-,23-/m0/s1. The minimum Gasteiger partial charge on any atom is -0.505 e. The number of fused-ring (bicyclic) bond motifs is 2. The molecule has 212 valence electrons. The minimum atomic E-state index is -1.73. The summed E-state index contributed by atoms with van der Waals surface area (Å²) in [5.74, 6) is -2.15. The van der Waals surface area contributed by atoms with E-state index in [0.717, 1.165) is 32.9 Å². The summed E-state index contributed by atoms with van der Waals surface area (Å²) in [7, 11) is 0. The van der Waals surface area contributed by atoms with E-state index < -0.39 is 42.7 Å². The maximum Gasteiger partial charge on any atom is 0.326 e. The number of hydrogen-bond donors (Lipinski definition) is 6. The predicted octanol–water partition coefficient (Wildman–Crippen LogP) is 2.78. The molecule has 0 unspecified atom stereocenters. The maximum atomic E-state index is 13.2. The fourth-order valence-electron chi connectivity index (χ4n) is 4.81. The van der Waals surface area contributed by atoms with Gasteiger partial charge in [-0.25, -0.2) is 0 Å². The molecule has 0 bridgehead atoms. The molecule has 3 heterocycles. The van der Waals surface area contributed by atoms with Crippen LogP contribution in [0.4, 0.5) is 0 Å². The van der Waals surface area contributed by atoms with Crippen LogP contribution in [0.1, 0.15) is 34.2 Å². The molecule has 0 amide bonds. The molecule has 11 heteroatoms. The lowest BCUT2D eigenvalue weighted by Crippen LogP contribution is -2.39. The number of carbonyl (C=O) groups excluding carboxylic acids is 2. The number of nitrogens with one attached hydrogen (secondary N) is 2. The molecule has 0 aliphatic carbocycles. The van der Waals surface area contributed by atoms with Gasteiger partial charge in [-0.05, 0) is 30.2 Å². The number of aromatic hydroxyl groups is 1. The second-order valence-corrected chi connectivity index (χ2v) is 9.84. The first-order valence-corrected chi connectivity index (χ1v) is 13.1. The molecule has 41 heavy (non-hydrogen) atoms. The van der Waals surface area contributed by atoms with Crippen molar-refractivity contribution in [2.75, 3.05) is 0 Å². The van der Waals surface area contributed by atoms with Gasteiger partial charge < -0.3 is 41.1 Å². The molecule has 0 spiro atoms. The molecule has 5 rings (SSSR count). The van der Waals surface area contributed by atoms with Crippen LogP contribution < -0.4 is 11.5 Å². The molecular formula is C30H31N5O6. The summed E-state index contributed by atoms with van der Waals surface area (Å²) in [6, 6.07) is 12.9.